The van der Waals surface area contributed by atoms with Crippen molar-refractivity contribution in [3.63, 3.8) is 0 Å². The van der Waals surface area contributed by atoms with E-state index < -0.39 is 23.7 Å². The highest BCUT2D eigenvalue weighted by molar-refractivity contribution is 9.10. The van der Waals surface area contributed by atoms with Gasteiger partial charge in [-0.15, -0.1) is 0 Å². The molecule has 0 aliphatic carbocycles. The van der Waals surface area contributed by atoms with Crippen LogP contribution in [0.1, 0.15) is 40.7 Å². The van der Waals surface area contributed by atoms with E-state index in [0.717, 1.165) is 36.0 Å². The molecule has 2 aromatic rings. The maximum Gasteiger partial charge on any atom is 0.305 e. The van der Waals surface area contributed by atoms with E-state index in [4.69, 9.17) is 10.1 Å². The summed E-state index contributed by atoms with van der Waals surface area (Å²) >= 11 is 3.43. The number of aliphatic carboxylic acids is 1. The number of carboxylic acid groups (broad SMARTS) is 1. The van der Waals surface area contributed by atoms with Crippen LogP contribution in [0, 0.1) is 17.1 Å². The lowest BCUT2D eigenvalue weighted by atomic mass is 9.88. The number of halogens is 2. The predicted molar refractivity (Wildman–Crippen MR) is 134 cm³/mol. The zero-order valence-electron chi connectivity index (χ0n) is 19.5. The Morgan fingerprint density at radius 1 is 1.26 bits per heavy atom. The Labute approximate surface area is 212 Å². The van der Waals surface area contributed by atoms with E-state index in [1.54, 1.807) is 7.11 Å². The fourth-order valence-corrected chi connectivity index (χ4v) is 4.81. The van der Waals surface area contributed by atoms with Crippen molar-refractivity contribution in [1.29, 1.82) is 5.41 Å². The Bertz CT molecular complexity index is 1080. The molecule has 1 saturated heterocycles. The molecule has 1 aliphatic rings. The van der Waals surface area contributed by atoms with Gasteiger partial charge in [0.05, 0.1) is 13.5 Å². The molecule has 188 valence electrons. The van der Waals surface area contributed by atoms with Crippen LogP contribution in [0.25, 0.3) is 0 Å². The first-order valence-electron chi connectivity index (χ1n) is 11.5. The molecular weight excluding hydrogens is 519 g/mol. The normalized spacial score (nSPS) is 14.7. The summed E-state index contributed by atoms with van der Waals surface area (Å²) in [4.78, 5) is 24.3. The minimum absolute atomic E-state index is 0.0644. The Kier molecular flexibility index (Phi) is 9.62. The van der Waals surface area contributed by atoms with Crippen LogP contribution in [-0.2, 0) is 17.6 Å². The van der Waals surface area contributed by atoms with Gasteiger partial charge in [-0.1, -0.05) is 22.0 Å². The molecule has 1 heterocycles. The van der Waals surface area contributed by atoms with Gasteiger partial charge >= 0.3 is 5.97 Å². The lowest BCUT2D eigenvalue weighted by molar-refractivity contribution is -0.137. The monoisotopic (exact) mass is 548 g/mol. The van der Waals surface area contributed by atoms with Crippen LogP contribution in [0.2, 0.25) is 0 Å². The van der Waals surface area contributed by atoms with Gasteiger partial charge in [0, 0.05) is 21.6 Å². The third-order valence-electron chi connectivity index (χ3n) is 6.17. The van der Waals surface area contributed by atoms with Crippen LogP contribution < -0.4 is 20.7 Å². The molecule has 10 heteroatoms. The van der Waals surface area contributed by atoms with Crippen molar-refractivity contribution in [2.24, 2.45) is 5.92 Å². The lowest BCUT2D eigenvalue weighted by Crippen LogP contribution is -2.50. The summed E-state index contributed by atoms with van der Waals surface area (Å²) in [5.41, 5.74) is 1.23. The summed E-state index contributed by atoms with van der Waals surface area (Å²) in [6.45, 7) is 1.55. The smallest absolute Gasteiger partial charge is 0.305 e. The first-order chi connectivity index (χ1) is 16.8. The lowest BCUT2D eigenvalue weighted by Gasteiger charge is -2.31. The van der Waals surface area contributed by atoms with Crippen molar-refractivity contribution in [1.82, 2.24) is 16.0 Å². The number of carbonyl (C=O) groups excluding carboxylic acids is 1. The molecule has 3 rings (SSSR count). The minimum Gasteiger partial charge on any atom is -0.496 e. The van der Waals surface area contributed by atoms with Gasteiger partial charge < -0.3 is 20.5 Å². The first-order valence-corrected chi connectivity index (χ1v) is 12.3. The summed E-state index contributed by atoms with van der Waals surface area (Å²) in [7, 11) is 1.56. The fourth-order valence-electron chi connectivity index (χ4n) is 4.40. The number of ether oxygens (including phenoxy) is 1. The largest absolute Gasteiger partial charge is 0.496 e. The number of nitrogens with one attached hydrogen (secondary N) is 4. The highest BCUT2D eigenvalue weighted by Gasteiger charge is 2.27. The van der Waals surface area contributed by atoms with E-state index in [2.05, 4.69) is 31.9 Å². The third-order valence-corrected chi connectivity index (χ3v) is 6.66. The molecule has 1 unspecified atom stereocenters. The number of guanidine groups is 1. The van der Waals surface area contributed by atoms with Crippen molar-refractivity contribution in [2.75, 3.05) is 20.2 Å². The molecule has 2 aromatic carbocycles. The second-order valence-electron chi connectivity index (χ2n) is 8.49. The van der Waals surface area contributed by atoms with Crippen molar-refractivity contribution in [3.8, 4) is 5.75 Å². The molecule has 1 amide bonds. The molecule has 35 heavy (non-hydrogen) atoms. The van der Waals surface area contributed by atoms with Gasteiger partial charge in [0.2, 0.25) is 0 Å². The number of amides is 1. The van der Waals surface area contributed by atoms with Crippen molar-refractivity contribution in [3.05, 3.63) is 63.4 Å². The number of rotatable bonds is 9. The number of benzene rings is 2. The molecule has 1 aliphatic heterocycles. The van der Waals surface area contributed by atoms with Crippen LogP contribution in [0.15, 0.2) is 40.9 Å². The topological polar surface area (TPSA) is 124 Å². The molecule has 5 N–H and O–H groups in total. The second kappa shape index (κ2) is 12.6. The molecule has 1 fully saturated rings. The quantitative estimate of drug-likeness (QED) is 0.241. The van der Waals surface area contributed by atoms with E-state index >= 15 is 0 Å². The zero-order valence-corrected chi connectivity index (χ0v) is 21.1. The van der Waals surface area contributed by atoms with Gasteiger partial charge in [-0.3, -0.25) is 20.3 Å². The van der Waals surface area contributed by atoms with Crippen LogP contribution in [0.4, 0.5) is 4.39 Å². The van der Waals surface area contributed by atoms with Crippen molar-refractivity contribution < 1.29 is 23.8 Å². The van der Waals surface area contributed by atoms with Gasteiger partial charge in [-0.2, -0.15) is 0 Å². The minimum atomic E-state index is -0.976. The molecule has 0 radical (unpaired) electrons. The van der Waals surface area contributed by atoms with Crippen LogP contribution in [0.3, 0.4) is 0 Å². The average molecular weight is 549 g/mol. The maximum absolute atomic E-state index is 14.7. The van der Waals surface area contributed by atoms with Gasteiger partial charge in [0.25, 0.3) is 5.91 Å². The highest BCUT2D eigenvalue weighted by atomic mass is 79.9. The molecule has 8 nitrogen and oxygen atoms in total. The van der Waals surface area contributed by atoms with Gasteiger partial charge in [-0.25, -0.2) is 4.39 Å². The van der Waals surface area contributed by atoms with Crippen LogP contribution in [0.5, 0.6) is 5.75 Å². The number of aryl methyl sites for hydroxylation is 1. The van der Waals surface area contributed by atoms with E-state index in [0.29, 0.717) is 12.2 Å². The Morgan fingerprint density at radius 2 is 2.00 bits per heavy atom. The third kappa shape index (κ3) is 7.50. The Morgan fingerprint density at radius 3 is 2.69 bits per heavy atom. The van der Waals surface area contributed by atoms with Gasteiger partial charge in [0.1, 0.15) is 11.6 Å². The van der Waals surface area contributed by atoms with Crippen molar-refractivity contribution in [2.45, 2.75) is 38.1 Å². The molecule has 0 bridgehead atoms. The van der Waals surface area contributed by atoms with Gasteiger partial charge in [-0.05, 0) is 80.6 Å². The number of piperidine rings is 1. The number of hydrogen-bond acceptors (Lipinski definition) is 5. The number of carboxylic acids is 1. The predicted octanol–water partition coefficient (Wildman–Crippen LogP) is 3.48. The molecule has 0 saturated carbocycles. The highest BCUT2D eigenvalue weighted by Crippen LogP contribution is 2.26. The summed E-state index contributed by atoms with van der Waals surface area (Å²) < 4.78 is 21.0. The molecule has 0 aromatic heterocycles. The molecular formula is C25H30BrFN4O4. The van der Waals surface area contributed by atoms with Crippen molar-refractivity contribution >= 4 is 33.8 Å². The average Bonchev–Trinajstić information content (AvgIpc) is 2.83. The maximum atomic E-state index is 14.7. The Balaban J connectivity index is 1.71. The summed E-state index contributed by atoms with van der Waals surface area (Å²) in [5, 5.41) is 26.1. The molecule has 1 atom stereocenters. The van der Waals surface area contributed by atoms with Crippen LogP contribution in [-0.4, -0.2) is 49.2 Å². The summed E-state index contributed by atoms with van der Waals surface area (Å²) in [6.07, 6.45) is 2.08. The van der Waals surface area contributed by atoms with E-state index in [1.165, 1.54) is 18.2 Å². The van der Waals surface area contributed by atoms with E-state index in [1.807, 2.05) is 18.2 Å². The van der Waals surface area contributed by atoms with E-state index in [-0.39, 0.29) is 35.8 Å². The number of carbonyl (C=O) groups is 2. The summed E-state index contributed by atoms with van der Waals surface area (Å²) in [6, 6.07) is 9.34. The zero-order chi connectivity index (χ0) is 25.4. The van der Waals surface area contributed by atoms with Crippen LogP contribution >= 0.6 is 15.9 Å². The fraction of sp³-hybridized carbons (Fsp3) is 0.400. The number of methoxy groups -OCH3 is 1. The number of hydrogen-bond donors (Lipinski definition) is 5. The molecule has 0 spiro atoms. The van der Waals surface area contributed by atoms with E-state index in [9.17, 15) is 19.1 Å². The Hall–Kier alpha value is -2.98. The first kappa shape index (κ1) is 26.6. The summed E-state index contributed by atoms with van der Waals surface area (Å²) in [5.74, 6) is -1.68. The van der Waals surface area contributed by atoms with Gasteiger partial charge in [0.15, 0.2) is 5.96 Å². The standard InChI is InChI=1S/C25H30BrFN4O4/c1-35-22-8-6-17(26)13-16(22)5-7-18-19(3-2-4-20(18)27)24(34)31-25(28)30-21(14-23(32)33)15-9-11-29-12-10-15/h2-4,6,8,13,15,21,29H,5,7,9-12,14H2,1H3,(H,32,33)(H3,28,30,31,34). The SMILES string of the molecule is COc1ccc(Br)cc1CCc1c(F)cccc1C(=O)NC(=N)NC(CC(=O)O)C1CCNCC1. The second-order valence-corrected chi connectivity index (χ2v) is 9.40.